The average molecular weight is 456 g/mol. The highest BCUT2D eigenvalue weighted by atomic mass is 16.5. The van der Waals surface area contributed by atoms with Gasteiger partial charge in [0.25, 0.3) is 5.91 Å². The molecule has 1 heterocycles. The minimum Gasteiger partial charge on any atom is -0.465 e. The molecule has 4 aromatic rings. The molecule has 34 heavy (non-hydrogen) atoms. The van der Waals surface area contributed by atoms with Crippen molar-refractivity contribution in [3.63, 3.8) is 0 Å². The summed E-state index contributed by atoms with van der Waals surface area (Å²) >= 11 is 0. The fraction of sp³-hybridized carbons (Fsp3) is 0.148. The lowest BCUT2D eigenvalue weighted by Gasteiger charge is -2.16. The summed E-state index contributed by atoms with van der Waals surface area (Å²) in [5, 5.41) is 4.00. The van der Waals surface area contributed by atoms with E-state index in [2.05, 4.69) is 5.32 Å². The van der Waals surface area contributed by atoms with E-state index in [0.717, 1.165) is 22.0 Å². The molecule has 0 aliphatic heterocycles. The highest BCUT2D eigenvalue weighted by Gasteiger charge is 2.17. The lowest BCUT2D eigenvalue weighted by Crippen LogP contribution is -2.27. The van der Waals surface area contributed by atoms with Gasteiger partial charge in [-0.15, -0.1) is 0 Å². The van der Waals surface area contributed by atoms with Gasteiger partial charge < -0.3 is 20.4 Å². The maximum Gasteiger partial charge on any atom is 0.337 e. The van der Waals surface area contributed by atoms with Gasteiger partial charge in [0, 0.05) is 23.7 Å². The van der Waals surface area contributed by atoms with Gasteiger partial charge in [0.05, 0.1) is 29.8 Å². The van der Waals surface area contributed by atoms with Crippen molar-refractivity contribution >= 4 is 28.7 Å². The van der Waals surface area contributed by atoms with Crippen LogP contribution in [0.2, 0.25) is 0 Å². The van der Waals surface area contributed by atoms with Crippen LogP contribution in [-0.2, 0) is 11.3 Å². The van der Waals surface area contributed by atoms with E-state index in [0.29, 0.717) is 23.2 Å². The molecule has 0 fully saturated rings. The second-order valence-corrected chi connectivity index (χ2v) is 8.06. The Morgan fingerprint density at radius 1 is 0.941 bits per heavy atom. The molecule has 0 aliphatic carbocycles. The zero-order valence-corrected chi connectivity index (χ0v) is 18.9. The molecule has 0 radical (unpaired) electrons. The molecule has 7 heteroatoms. The third-order valence-corrected chi connectivity index (χ3v) is 5.80. The molecular weight excluding hydrogens is 430 g/mol. The summed E-state index contributed by atoms with van der Waals surface area (Å²) in [7, 11) is 1.34. The number of carbonyl (C=O) groups excluding carboxylic acids is 3. The van der Waals surface area contributed by atoms with Gasteiger partial charge in [0.1, 0.15) is 0 Å². The van der Waals surface area contributed by atoms with E-state index in [1.807, 2.05) is 48.0 Å². The third-order valence-electron chi connectivity index (χ3n) is 5.80. The molecule has 172 valence electrons. The quantitative estimate of drug-likeness (QED) is 0.410. The van der Waals surface area contributed by atoms with Crippen LogP contribution in [-0.4, -0.2) is 29.5 Å². The number of methoxy groups -OCH3 is 1. The van der Waals surface area contributed by atoms with Crippen molar-refractivity contribution in [1.29, 1.82) is 0 Å². The molecule has 0 saturated heterocycles. The molecule has 0 aliphatic rings. The van der Waals surface area contributed by atoms with Gasteiger partial charge >= 0.3 is 5.97 Å². The van der Waals surface area contributed by atoms with Crippen molar-refractivity contribution in [2.75, 3.05) is 7.11 Å². The Morgan fingerprint density at radius 2 is 1.62 bits per heavy atom. The number of para-hydroxylation sites is 1. The van der Waals surface area contributed by atoms with Gasteiger partial charge in [-0.2, -0.15) is 0 Å². The normalized spacial score (nSPS) is 11.7. The number of esters is 1. The Kier molecular flexibility index (Phi) is 6.45. The molecule has 3 aromatic carbocycles. The fourth-order valence-electron chi connectivity index (χ4n) is 3.93. The molecule has 0 bridgehead atoms. The number of hydrogen-bond donors (Lipinski definition) is 2. The number of aromatic nitrogens is 1. The maximum absolute atomic E-state index is 13.2. The molecule has 0 saturated carbocycles. The second kappa shape index (κ2) is 9.62. The first-order valence-electron chi connectivity index (χ1n) is 10.8. The Balaban J connectivity index is 1.56. The summed E-state index contributed by atoms with van der Waals surface area (Å²) in [6, 6.07) is 21.4. The lowest BCUT2D eigenvalue weighted by atomic mass is 10.0. The largest absolute Gasteiger partial charge is 0.465 e. The molecule has 1 aromatic heterocycles. The minimum atomic E-state index is -0.467. The van der Waals surface area contributed by atoms with E-state index in [1.54, 1.807) is 42.5 Å². The van der Waals surface area contributed by atoms with E-state index in [-0.39, 0.29) is 11.9 Å². The van der Waals surface area contributed by atoms with E-state index in [4.69, 9.17) is 10.5 Å². The number of nitrogens with two attached hydrogens (primary N) is 1. The number of hydrogen-bond acceptors (Lipinski definition) is 4. The molecule has 2 amide bonds. The molecule has 1 atom stereocenters. The Hall–Kier alpha value is -4.39. The van der Waals surface area contributed by atoms with Crippen LogP contribution in [0.5, 0.6) is 0 Å². The van der Waals surface area contributed by atoms with Crippen molar-refractivity contribution in [1.82, 2.24) is 9.88 Å². The van der Waals surface area contributed by atoms with Crippen LogP contribution < -0.4 is 11.1 Å². The van der Waals surface area contributed by atoms with Crippen molar-refractivity contribution in [3.05, 3.63) is 107 Å². The van der Waals surface area contributed by atoms with Gasteiger partial charge in [-0.25, -0.2) is 4.79 Å². The van der Waals surface area contributed by atoms with Crippen LogP contribution >= 0.6 is 0 Å². The summed E-state index contributed by atoms with van der Waals surface area (Å²) in [6.07, 6.45) is 1.94. The SMILES string of the molecule is COC(=O)c1ccc([C@H](C)NC(=O)c2cccc3ccn(Cc4ccc(C(N)=O)cc4)c23)cc1. The summed E-state index contributed by atoms with van der Waals surface area (Å²) in [6.45, 7) is 2.43. The van der Waals surface area contributed by atoms with Gasteiger partial charge in [0.2, 0.25) is 5.91 Å². The van der Waals surface area contributed by atoms with Crippen molar-refractivity contribution in [2.45, 2.75) is 19.5 Å². The average Bonchev–Trinajstić information content (AvgIpc) is 3.26. The highest BCUT2D eigenvalue weighted by molar-refractivity contribution is 6.06. The van der Waals surface area contributed by atoms with Gasteiger partial charge in [0.15, 0.2) is 0 Å². The summed E-state index contributed by atoms with van der Waals surface area (Å²) in [5.41, 5.74) is 9.48. The molecule has 0 unspecified atom stereocenters. The molecule has 0 spiro atoms. The van der Waals surface area contributed by atoms with E-state index >= 15 is 0 Å². The monoisotopic (exact) mass is 455 g/mol. The second-order valence-electron chi connectivity index (χ2n) is 8.06. The van der Waals surface area contributed by atoms with Crippen LogP contribution in [0.25, 0.3) is 10.9 Å². The summed E-state index contributed by atoms with van der Waals surface area (Å²) in [4.78, 5) is 36.2. The standard InChI is InChI=1S/C27H25N3O4/c1-17(19-10-12-22(13-11-19)27(33)34-2)29-26(32)23-5-3-4-20-14-15-30(24(20)23)16-18-6-8-21(9-7-18)25(28)31/h3-15,17H,16H2,1-2H3,(H2,28,31)(H,29,32)/t17-/m0/s1. The Morgan fingerprint density at radius 3 is 2.26 bits per heavy atom. The first kappa shape index (κ1) is 22.8. The fourth-order valence-corrected chi connectivity index (χ4v) is 3.93. The number of nitrogens with one attached hydrogen (secondary N) is 1. The Bertz CT molecular complexity index is 1360. The van der Waals surface area contributed by atoms with Gasteiger partial charge in [-0.05, 0) is 54.4 Å². The van der Waals surface area contributed by atoms with Crippen LogP contribution in [0.3, 0.4) is 0 Å². The number of fused-ring (bicyclic) bond motifs is 1. The highest BCUT2D eigenvalue weighted by Crippen LogP contribution is 2.23. The van der Waals surface area contributed by atoms with Crippen molar-refractivity contribution in [2.24, 2.45) is 5.73 Å². The van der Waals surface area contributed by atoms with E-state index in [9.17, 15) is 14.4 Å². The smallest absolute Gasteiger partial charge is 0.337 e. The van der Waals surface area contributed by atoms with Crippen LogP contribution in [0.4, 0.5) is 0 Å². The van der Waals surface area contributed by atoms with Crippen molar-refractivity contribution in [3.8, 4) is 0 Å². The van der Waals surface area contributed by atoms with E-state index in [1.165, 1.54) is 7.11 Å². The topological polar surface area (TPSA) is 103 Å². The number of carbonyl (C=O) groups is 3. The zero-order valence-electron chi connectivity index (χ0n) is 18.9. The number of nitrogens with zero attached hydrogens (tertiary/aromatic N) is 1. The number of primary amides is 1. The molecule has 4 rings (SSSR count). The number of amides is 2. The molecule has 7 nitrogen and oxygen atoms in total. The zero-order chi connectivity index (χ0) is 24.2. The van der Waals surface area contributed by atoms with Crippen LogP contribution in [0, 0.1) is 0 Å². The number of rotatable bonds is 7. The third kappa shape index (κ3) is 4.68. The van der Waals surface area contributed by atoms with Crippen LogP contribution in [0.15, 0.2) is 79.0 Å². The summed E-state index contributed by atoms with van der Waals surface area (Å²) in [5.74, 6) is -1.06. The Labute approximate surface area is 197 Å². The first-order chi connectivity index (χ1) is 16.4. The van der Waals surface area contributed by atoms with Crippen molar-refractivity contribution < 1.29 is 19.1 Å². The van der Waals surface area contributed by atoms with Gasteiger partial charge in [-0.1, -0.05) is 36.4 Å². The lowest BCUT2D eigenvalue weighted by molar-refractivity contribution is 0.0600. The first-order valence-corrected chi connectivity index (χ1v) is 10.8. The van der Waals surface area contributed by atoms with E-state index < -0.39 is 11.9 Å². The van der Waals surface area contributed by atoms with Crippen LogP contribution in [0.1, 0.15) is 55.2 Å². The minimum absolute atomic E-state index is 0.195. The molecule has 3 N–H and O–H groups in total. The number of benzene rings is 3. The van der Waals surface area contributed by atoms with Gasteiger partial charge in [-0.3, -0.25) is 9.59 Å². The molecular formula is C27H25N3O4. The predicted octanol–water partition coefficient (Wildman–Crippen LogP) is 4.07. The summed E-state index contributed by atoms with van der Waals surface area (Å²) < 4.78 is 6.74. The number of ether oxygens (including phenoxy) is 1. The maximum atomic E-state index is 13.2. The predicted molar refractivity (Wildman–Crippen MR) is 130 cm³/mol.